The normalized spacial score (nSPS) is 11.2. The number of hydrogen-bond acceptors (Lipinski definition) is 4. The van der Waals surface area contributed by atoms with Crippen LogP contribution in [0.4, 0.5) is 8.78 Å². The van der Waals surface area contributed by atoms with Gasteiger partial charge in [0.05, 0.1) is 29.3 Å². The third-order valence-electron chi connectivity index (χ3n) is 4.82. The first-order valence-electron chi connectivity index (χ1n) is 9.66. The van der Waals surface area contributed by atoms with Crippen LogP contribution < -0.4 is 5.32 Å². The van der Waals surface area contributed by atoms with Gasteiger partial charge < -0.3 is 14.3 Å². The van der Waals surface area contributed by atoms with Crippen LogP contribution in [0.3, 0.4) is 0 Å². The number of amides is 1. The van der Waals surface area contributed by atoms with E-state index in [1.165, 1.54) is 12.3 Å². The molecule has 8 heteroatoms. The number of carbonyl (C=O) groups excluding carboxylic acids is 1. The summed E-state index contributed by atoms with van der Waals surface area (Å²) in [7, 11) is 0. The lowest BCUT2D eigenvalue weighted by atomic mass is 10.1. The number of nitrogens with one attached hydrogen (secondary N) is 1. The first-order valence-corrected chi connectivity index (χ1v) is 9.66. The number of oxazole rings is 1. The molecule has 0 saturated carbocycles. The van der Waals surface area contributed by atoms with E-state index in [2.05, 4.69) is 19.9 Å². The Morgan fingerprint density at radius 2 is 1.90 bits per heavy atom. The summed E-state index contributed by atoms with van der Waals surface area (Å²) in [5, 5.41) is 2.85. The van der Waals surface area contributed by atoms with Gasteiger partial charge in [0.25, 0.3) is 0 Å². The van der Waals surface area contributed by atoms with E-state index in [4.69, 9.17) is 4.42 Å². The molecule has 2 aromatic heterocycles. The topological polar surface area (TPSA) is 73.0 Å². The summed E-state index contributed by atoms with van der Waals surface area (Å²) in [5.41, 5.74) is 1.65. The average molecular weight is 410 g/mol. The zero-order valence-corrected chi connectivity index (χ0v) is 16.4. The maximum absolute atomic E-state index is 13.9. The fourth-order valence-corrected chi connectivity index (χ4v) is 3.37. The van der Waals surface area contributed by atoms with Gasteiger partial charge in [0.15, 0.2) is 11.7 Å². The van der Waals surface area contributed by atoms with Crippen LogP contribution in [0.2, 0.25) is 0 Å². The fourth-order valence-electron chi connectivity index (χ4n) is 3.37. The summed E-state index contributed by atoms with van der Waals surface area (Å²) in [6, 6.07) is 11.4. The van der Waals surface area contributed by atoms with Gasteiger partial charge in [-0.3, -0.25) is 4.79 Å². The molecule has 0 bridgehead atoms. The highest BCUT2D eigenvalue weighted by Crippen LogP contribution is 2.26. The van der Waals surface area contributed by atoms with E-state index in [1.807, 2.05) is 31.2 Å². The molecule has 0 spiro atoms. The van der Waals surface area contributed by atoms with Gasteiger partial charge in [-0.15, -0.1) is 0 Å². The van der Waals surface area contributed by atoms with Gasteiger partial charge in [0.2, 0.25) is 5.91 Å². The minimum absolute atomic E-state index is 0.00216. The van der Waals surface area contributed by atoms with Crippen LogP contribution in [0.25, 0.3) is 22.4 Å². The van der Waals surface area contributed by atoms with Crippen LogP contribution in [0, 0.1) is 11.6 Å². The molecule has 30 heavy (non-hydrogen) atoms. The molecule has 6 nitrogen and oxygen atoms in total. The number of imidazole rings is 1. The number of para-hydroxylation sites is 2. The van der Waals surface area contributed by atoms with Crippen molar-refractivity contribution in [3.63, 3.8) is 0 Å². The van der Waals surface area contributed by atoms with E-state index >= 15 is 0 Å². The molecule has 2 aromatic carbocycles. The summed E-state index contributed by atoms with van der Waals surface area (Å²) < 4.78 is 35.2. The second kappa shape index (κ2) is 8.44. The molecule has 1 N–H and O–H groups in total. The predicted molar refractivity (Wildman–Crippen MR) is 107 cm³/mol. The summed E-state index contributed by atoms with van der Waals surface area (Å²) in [6.07, 6.45) is 1.61. The number of fused-ring (bicyclic) bond motifs is 1. The number of carbonyl (C=O) groups is 1. The molecule has 0 atom stereocenters. The summed E-state index contributed by atoms with van der Waals surface area (Å²) >= 11 is 0. The molecule has 154 valence electrons. The van der Waals surface area contributed by atoms with Crippen molar-refractivity contribution in [2.75, 3.05) is 0 Å². The van der Waals surface area contributed by atoms with Gasteiger partial charge in [-0.1, -0.05) is 18.2 Å². The molecule has 4 aromatic rings. The van der Waals surface area contributed by atoms with E-state index in [0.29, 0.717) is 6.54 Å². The number of benzene rings is 2. The molecule has 1 amide bonds. The van der Waals surface area contributed by atoms with E-state index in [-0.39, 0.29) is 36.0 Å². The number of hydrogen-bond donors (Lipinski definition) is 1. The Morgan fingerprint density at radius 1 is 1.13 bits per heavy atom. The van der Waals surface area contributed by atoms with Gasteiger partial charge in [-0.2, -0.15) is 0 Å². The SMILES string of the molecule is CCn1c(CNC(=O)CCc2ncc(-c3c(F)cccc3F)o2)nc2ccccc21. The maximum Gasteiger partial charge on any atom is 0.220 e. The van der Waals surface area contributed by atoms with Crippen molar-refractivity contribution in [3.05, 3.63) is 72.0 Å². The minimum atomic E-state index is -0.728. The number of halogens is 2. The lowest BCUT2D eigenvalue weighted by molar-refractivity contribution is -0.121. The third-order valence-corrected chi connectivity index (χ3v) is 4.82. The smallest absolute Gasteiger partial charge is 0.220 e. The summed E-state index contributed by atoms with van der Waals surface area (Å²) in [5.74, 6) is -0.633. The first kappa shape index (κ1) is 19.8. The van der Waals surface area contributed by atoms with E-state index < -0.39 is 11.6 Å². The van der Waals surface area contributed by atoms with Gasteiger partial charge in [-0.05, 0) is 31.2 Å². The van der Waals surface area contributed by atoms with Crippen molar-refractivity contribution < 1.29 is 18.0 Å². The zero-order chi connectivity index (χ0) is 21.1. The van der Waals surface area contributed by atoms with Crippen LogP contribution in [0.15, 0.2) is 53.1 Å². The summed E-state index contributed by atoms with van der Waals surface area (Å²) in [6.45, 7) is 3.08. The molecule has 0 fully saturated rings. The van der Waals surface area contributed by atoms with Crippen molar-refractivity contribution in [1.82, 2.24) is 19.9 Å². The Hall–Kier alpha value is -3.55. The van der Waals surface area contributed by atoms with Crippen LogP contribution in [0.5, 0.6) is 0 Å². The Labute approximate surface area is 171 Å². The highest BCUT2D eigenvalue weighted by molar-refractivity contribution is 5.77. The molecule has 0 aliphatic carbocycles. The molecule has 0 radical (unpaired) electrons. The van der Waals surface area contributed by atoms with E-state index in [0.717, 1.165) is 35.5 Å². The monoisotopic (exact) mass is 410 g/mol. The van der Waals surface area contributed by atoms with Gasteiger partial charge in [0, 0.05) is 19.4 Å². The Bertz CT molecular complexity index is 1180. The van der Waals surface area contributed by atoms with Gasteiger partial charge in [-0.25, -0.2) is 18.7 Å². The molecule has 0 unspecified atom stereocenters. The van der Waals surface area contributed by atoms with Crippen molar-refractivity contribution in [2.45, 2.75) is 32.9 Å². The molecule has 2 heterocycles. The molecule has 0 aliphatic rings. The number of rotatable bonds is 7. The lowest BCUT2D eigenvalue weighted by Crippen LogP contribution is -2.25. The molecular formula is C22H20F2N4O2. The highest BCUT2D eigenvalue weighted by Gasteiger charge is 2.16. The summed E-state index contributed by atoms with van der Waals surface area (Å²) in [4.78, 5) is 20.9. The molecule has 4 rings (SSSR count). The van der Waals surface area contributed by atoms with Crippen molar-refractivity contribution >= 4 is 16.9 Å². The fraction of sp³-hybridized carbons (Fsp3) is 0.227. The second-order valence-corrected chi connectivity index (χ2v) is 6.75. The maximum atomic E-state index is 13.9. The van der Waals surface area contributed by atoms with E-state index in [1.54, 1.807) is 0 Å². The second-order valence-electron chi connectivity index (χ2n) is 6.75. The Kier molecular flexibility index (Phi) is 5.56. The Balaban J connectivity index is 1.37. The first-order chi connectivity index (χ1) is 14.6. The predicted octanol–water partition coefficient (Wildman–Crippen LogP) is 4.24. The highest BCUT2D eigenvalue weighted by atomic mass is 19.1. The Morgan fingerprint density at radius 3 is 2.67 bits per heavy atom. The van der Waals surface area contributed by atoms with Crippen molar-refractivity contribution in [2.24, 2.45) is 0 Å². The average Bonchev–Trinajstić information content (AvgIpc) is 3.34. The third kappa shape index (κ3) is 3.94. The standard InChI is InChI=1S/C22H20F2N4O2/c1-2-28-17-9-4-3-8-16(17)27-19(28)13-25-20(29)10-11-21-26-12-18(30-21)22-14(23)6-5-7-15(22)24/h3-9,12H,2,10-11,13H2,1H3,(H,25,29). The zero-order valence-electron chi connectivity index (χ0n) is 16.4. The molecule has 0 aliphatic heterocycles. The molecular weight excluding hydrogens is 390 g/mol. The quantitative estimate of drug-likeness (QED) is 0.495. The van der Waals surface area contributed by atoms with Crippen LogP contribution in [0.1, 0.15) is 25.1 Å². The molecule has 0 saturated heterocycles. The van der Waals surface area contributed by atoms with Gasteiger partial charge >= 0.3 is 0 Å². The lowest BCUT2D eigenvalue weighted by Gasteiger charge is -2.07. The van der Waals surface area contributed by atoms with E-state index in [9.17, 15) is 13.6 Å². The minimum Gasteiger partial charge on any atom is -0.441 e. The van der Waals surface area contributed by atoms with Gasteiger partial charge in [0.1, 0.15) is 17.5 Å². The number of nitrogens with zero attached hydrogens (tertiary/aromatic N) is 3. The number of aromatic nitrogens is 3. The van der Waals surface area contributed by atoms with Crippen molar-refractivity contribution in [1.29, 1.82) is 0 Å². The number of aryl methyl sites for hydroxylation is 2. The van der Waals surface area contributed by atoms with Crippen LogP contribution in [-0.4, -0.2) is 20.4 Å². The largest absolute Gasteiger partial charge is 0.441 e. The van der Waals surface area contributed by atoms with Crippen LogP contribution >= 0.6 is 0 Å². The van der Waals surface area contributed by atoms with Crippen molar-refractivity contribution in [3.8, 4) is 11.3 Å². The van der Waals surface area contributed by atoms with Crippen LogP contribution in [-0.2, 0) is 24.3 Å².